The molecule has 3 rings (SSSR count). The second kappa shape index (κ2) is 4.79. The second-order valence-corrected chi connectivity index (χ2v) is 7.97. The number of carbonyl (C=O) groups excluding carboxylic acids is 1. The first kappa shape index (κ1) is 15.5. The van der Waals surface area contributed by atoms with Gasteiger partial charge in [-0.15, -0.1) is 0 Å². The van der Waals surface area contributed by atoms with Crippen LogP contribution in [0.1, 0.15) is 53.9 Å². The average Bonchev–Trinajstić information content (AvgIpc) is 2.58. The first-order valence-corrected chi connectivity index (χ1v) is 8.27. The van der Waals surface area contributed by atoms with Crippen molar-refractivity contribution < 1.29 is 9.90 Å². The quantitative estimate of drug-likeness (QED) is 0.784. The molecule has 0 saturated heterocycles. The van der Waals surface area contributed by atoms with Gasteiger partial charge in [0.1, 0.15) is 0 Å². The van der Waals surface area contributed by atoms with Crippen LogP contribution in [0, 0.1) is 11.3 Å². The van der Waals surface area contributed by atoms with Crippen molar-refractivity contribution in [3.8, 4) is 0 Å². The normalized spacial score (nSPS) is 30.5. The minimum atomic E-state index is -1.38. The summed E-state index contributed by atoms with van der Waals surface area (Å²) in [6.45, 7) is 10.2. The topological polar surface area (TPSA) is 37.3 Å². The number of Topliss-reactive ketones (excluding diaryl/α,β-unsaturated/α-hetero) is 1. The smallest absolute Gasteiger partial charge is 0.195 e. The summed E-state index contributed by atoms with van der Waals surface area (Å²) in [6.07, 6.45) is 8.90. The zero-order chi connectivity index (χ0) is 16.3. The lowest BCUT2D eigenvalue weighted by atomic mass is 9.56. The zero-order valence-corrected chi connectivity index (χ0v) is 14.3. The van der Waals surface area contributed by atoms with Gasteiger partial charge in [-0.1, -0.05) is 51.0 Å². The molecule has 3 aliphatic rings. The molecular weight excluding hydrogens is 272 g/mol. The van der Waals surface area contributed by atoms with Gasteiger partial charge in [0.25, 0.3) is 0 Å². The fraction of sp³-hybridized carbons (Fsp3) is 0.550. The van der Waals surface area contributed by atoms with E-state index in [2.05, 4.69) is 19.1 Å². The standard InChI is InChI=1S/C20H26O2/c1-12(2)16-11-14-7-6-13(3)10-15-8-9-19(4,5)20(22,17(14)15)18(16)21/h6-7,11-12,22H,8-10H2,1-5H3. The fourth-order valence-corrected chi connectivity index (χ4v) is 4.08. The Morgan fingerprint density at radius 3 is 2.55 bits per heavy atom. The van der Waals surface area contributed by atoms with Crippen molar-refractivity contribution in [3.05, 3.63) is 46.1 Å². The number of ketones is 1. The highest BCUT2D eigenvalue weighted by molar-refractivity contribution is 6.08. The van der Waals surface area contributed by atoms with Gasteiger partial charge < -0.3 is 5.11 Å². The summed E-state index contributed by atoms with van der Waals surface area (Å²) >= 11 is 0. The molecule has 0 heterocycles. The van der Waals surface area contributed by atoms with Crippen molar-refractivity contribution in [2.75, 3.05) is 0 Å². The van der Waals surface area contributed by atoms with Gasteiger partial charge in [-0.2, -0.15) is 0 Å². The van der Waals surface area contributed by atoms with Crippen LogP contribution in [0.2, 0.25) is 0 Å². The molecule has 2 heteroatoms. The van der Waals surface area contributed by atoms with Crippen LogP contribution in [0.5, 0.6) is 0 Å². The summed E-state index contributed by atoms with van der Waals surface area (Å²) in [5.74, 6) is 0.0323. The first-order valence-electron chi connectivity index (χ1n) is 8.27. The van der Waals surface area contributed by atoms with Crippen LogP contribution in [0.15, 0.2) is 46.1 Å². The van der Waals surface area contributed by atoms with Crippen molar-refractivity contribution in [2.45, 2.75) is 59.5 Å². The van der Waals surface area contributed by atoms with Crippen LogP contribution in [0.25, 0.3) is 0 Å². The summed E-state index contributed by atoms with van der Waals surface area (Å²) in [5, 5.41) is 11.6. The molecule has 0 radical (unpaired) electrons. The molecule has 1 unspecified atom stereocenters. The molecule has 0 aromatic carbocycles. The van der Waals surface area contributed by atoms with Crippen molar-refractivity contribution in [1.82, 2.24) is 0 Å². The Labute approximate surface area is 133 Å². The predicted octanol–water partition coefficient (Wildman–Crippen LogP) is 4.28. The molecule has 0 aromatic rings. The van der Waals surface area contributed by atoms with Gasteiger partial charge >= 0.3 is 0 Å². The van der Waals surface area contributed by atoms with Gasteiger partial charge in [0.15, 0.2) is 11.4 Å². The third kappa shape index (κ3) is 1.93. The molecule has 0 fully saturated rings. The number of hydrogen-bond acceptors (Lipinski definition) is 2. The second-order valence-electron chi connectivity index (χ2n) is 7.97. The number of hydrogen-bond donors (Lipinski definition) is 1. The highest BCUT2D eigenvalue weighted by Gasteiger charge is 2.58. The van der Waals surface area contributed by atoms with Crippen LogP contribution < -0.4 is 0 Å². The third-order valence-electron chi connectivity index (χ3n) is 5.60. The van der Waals surface area contributed by atoms with E-state index in [1.165, 1.54) is 11.1 Å². The summed E-state index contributed by atoms with van der Waals surface area (Å²) in [4.78, 5) is 13.2. The molecule has 1 N–H and O–H groups in total. The largest absolute Gasteiger partial charge is 0.376 e. The summed E-state index contributed by atoms with van der Waals surface area (Å²) < 4.78 is 0. The lowest BCUT2D eigenvalue weighted by Gasteiger charge is -2.50. The minimum absolute atomic E-state index is 0.0867. The van der Waals surface area contributed by atoms with E-state index in [-0.39, 0.29) is 11.7 Å². The lowest BCUT2D eigenvalue weighted by Crippen LogP contribution is -2.57. The Morgan fingerprint density at radius 2 is 1.91 bits per heavy atom. The van der Waals surface area contributed by atoms with Crippen LogP contribution in [0.4, 0.5) is 0 Å². The molecule has 2 nitrogen and oxygen atoms in total. The number of carbonyl (C=O) groups is 1. The molecule has 3 aliphatic carbocycles. The van der Waals surface area contributed by atoms with Crippen LogP contribution in [-0.4, -0.2) is 16.5 Å². The molecule has 0 saturated carbocycles. The SMILES string of the molecule is CC1=CC=C2C=C(C(C)C)C(=O)C3(O)C2=C(CCC3(C)C)C1. The van der Waals surface area contributed by atoms with Gasteiger partial charge in [-0.3, -0.25) is 4.79 Å². The number of aliphatic hydroxyl groups is 1. The van der Waals surface area contributed by atoms with E-state index in [1.807, 2.05) is 33.8 Å². The molecular formula is C20H26O2. The highest BCUT2D eigenvalue weighted by Crippen LogP contribution is 2.54. The van der Waals surface area contributed by atoms with E-state index < -0.39 is 11.0 Å². The molecule has 0 bridgehead atoms. The molecule has 1 atom stereocenters. The van der Waals surface area contributed by atoms with Gasteiger partial charge in [0.2, 0.25) is 0 Å². The molecule has 118 valence electrons. The molecule has 0 aromatic heterocycles. The Bertz CT molecular complexity index is 668. The molecule has 0 spiro atoms. The van der Waals surface area contributed by atoms with Gasteiger partial charge in [-0.25, -0.2) is 0 Å². The van der Waals surface area contributed by atoms with Crippen molar-refractivity contribution in [3.63, 3.8) is 0 Å². The zero-order valence-electron chi connectivity index (χ0n) is 14.3. The van der Waals surface area contributed by atoms with Gasteiger partial charge in [0.05, 0.1) is 0 Å². The number of allylic oxidation sites excluding steroid dienone is 5. The Balaban J connectivity index is 2.34. The van der Waals surface area contributed by atoms with Gasteiger partial charge in [0, 0.05) is 11.0 Å². The van der Waals surface area contributed by atoms with E-state index in [1.54, 1.807) is 0 Å². The maximum absolute atomic E-state index is 13.2. The lowest BCUT2D eigenvalue weighted by molar-refractivity contribution is -0.143. The maximum Gasteiger partial charge on any atom is 0.195 e. The van der Waals surface area contributed by atoms with Crippen LogP contribution in [0.3, 0.4) is 0 Å². The van der Waals surface area contributed by atoms with Crippen LogP contribution in [-0.2, 0) is 4.79 Å². The maximum atomic E-state index is 13.2. The van der Waals surface area contributed by atoms with Crippen molar-refractivity contribution in [1.29, 1.82) is 0 Å². The number of rotatable bonds is 1. The molecule has 0 aliphatic heterocycles. The van der Waals surface area contributed by atoms with Crippen LogP contribution >= 0.6 is 0 Å². The molecule has 0 amide bonds. The highest BCUT2D eigenvalue weighted by atomic mass is 16.3. The third-order valence-corrected chi connectivity index (χ3v) is 5.60. The summed E-state index contributed by atoms with van der Waals surface area (Å²) in [7, 11) is 0. The predicted molar refractivity (Wildman–Crippen MR) is 89.4 cm³/mol. The van der Waals surface area contributed by atoms with E-state index in [9.17, 15) is 9.90 Å². The monoisotopic (exact) mass is 298 g/mol. The Hall–Kier alpha value is -1.41. The van der Waals surface area contributed by atoms with Crippen molar-refractivity contribution in [2.24, 2.45) is 11.3 Å². The van der Waals surface area contributed by atoms with E-state index in [4.69, 9.17) is 0 Å². The van der Waals surface area contributed by atoms with Crippen molar-refractivity contribution >= 4 is 5.78 Å². The minimum Gasteiger partial charge on any atom is -0.376 e. The molecule has 22 heavy (non-hydrogen) atoms. The Morgan fingerprint density at radius 1 is 1.23 bits per heavy atom. The summed E-state index contributed by atoms with van der Waals surface area (Å²) in [5.41, 5.74) is 3.40. The fourth-order valence-electron chi connectivity index (χ4n) is 4.08. The van der Waals surface area contributed by atoms with E-state index in [0.29, 0.717) is 0 Å². The van der Waals surface area contributed by atoms with E-state index in [0.717, 1.165) is 36.0 Å². The van der Waals surface area contributed by atoms with Gasteiger partial charge in [-0.05, 0) is 49.3 Å². The Kier molecular flexibility index (Phi) is 3.37. The average molecular weight is 298 g/mol. The first-order chi connectivity index (χ1) is 10.2. The van der Waals surface area contributed by atoms with E-state index >= 15 is 0 Å². The summed E-state index contributed by atoms with van der Waals surface area (Å²) in [6, 6.07) is 0.